The van der Waals surface area contributed by atoms with Crippen molar-refractivity contribution in [2.45, 2.75) is 135 Å². The largest absolute Gasteiger partial charge is 0.459 e. The van der Waals surface area contributed by atoms with E-state index in [0.29, 0.717) is 6.42 Å². The van der Waals surface area contributed by atoms with Crippen LogP contribution in [0.2, 0.25) is 0 Å². The fraction of sp³-hybridized carbons (Fsp3) is 0.871. The Bertz CT molecular complexity index is 959. The van der Waals surface area contributed by atoms with Crippen molar-refractivity contribution in [3.05, 3.63) is 0 Å². The Kier molecular flexibility index (Phi) is 11.4. The van der Waals surface area contributed by atoms with Gasteiger partial charge in [-0.25, -0.2) is 0 Å². The van der Waals surface area contributed by atoms with E-state index in [1.807, 2.05) is 20.8 Å². The molecule has 40 heavy (non-hydrogen) atoms. The van der Waals surface area contributed by atoms with Gasteiger partial charge in [-0.1, -0.05) is 40.5 Å². The zero-order valence-corrected chi connectivity index (χ0v) is 26.0. The second kappa shape index (κ2) is 13.2. The molecule has 13 atom stereocenters. The van der Waals surface area contributed by atoms with E-state index in [4.69, 9.17) is 19.6 Å². The fourth-order valence-corrected chi connectivity index (χ4v) is 7.07. The molecule has 0 aromatic rings. The number of aliphatic hydroxyl groups is 4. The molecule has 2 aliphatic heterocycles. The highest BCUT2D eigenvalue weighted by Crippen LogP contribution is 2.43. The van der Waals surface area contributed by atoms with E-state index in [1.54, 1.807) is 41.7 Å². The number of cyclic esters (lactones) is 1. The molecule has 5 N–H and O–H groups in total. The summed E-state index contributed by atoms with van der Waals surface area (Å²) in [5.41, 5.74) is -4.04. The van der Waals surface area contributed by atoms with Crippen molar-refractivity contribution < 1.29 is 39.4 Å². The van der Waals surface area contributed by atoms with Crippen molar-refractivity contribution in [3.8, 4) is 11.8 Å². The van der Waals surface area contributed by atoms with Crippen molar-refractivity contribution in [3.63, 3.8) is 0 Å². The molecule has 0 bridgehead atoms. The normalized spacial score (nSPS) is 48.0. The van der Waals surface area contributed by atoms with Gasteiger partial charge in [-0.3, -0.25) is 4.79 Å². The number of carbonyl (C=O) groups is 1. The number of methoxy groups -OCH3 is 1. The predicted molar refractivity (Wildman–Crippen MR) is 153 cm³/mol. The van der Waals surface area contributed by atoms with Crippen LogP contribution in [0.4, 0.5) is 0 Å². The van der Waals surface area contributed by atoms with Crippen LogP contribution in [-0.2, 0) is 19.0 Å². The van der Waals surface area contributed by atoms with Gasteiger partial charge in [-0.15, -0.1) is 5.92 Å². The van der Waals surface area contributed by atoms with Gasteiger partial charge in [0.2, 0.25) is 0 Å². The summed E-state index contributed by atoms with van der Waals surface area (Å²) in [6.45, 7) is 15.6. The van der Waals surface area contributed by atoms with Crippen molar-refractivity contribution in [1.29, 1.82) is 5.41 Å². The predicted octanol–water partition coefficient (Wildman–Crippen LogP) is 3.09. The minimum absolute atomic E-state index is 0.148. The maximum atomic E-state index is 13.7. The molecule has 0 amide bonds. The van der Waals surface area contributed by atoms with Gasteiger partial charge in [-0.2, -0.15) is 0 Å². The standard InChI is InChI=1S/C31H53NO8/c1-11-13-31(37)14-17(3)24(22-16-29(8,38-10)27(34)21(7)39-22)19(5)28(35)40-23(12-2)30(9,36)26(33)20(6)25(32)18(4)15-31/h17-24,26-27,32-34,36-37H,12,14-16H2,1-10H3/t17-,18-,19-,20+,21+,22-,23-,24?,26-,27+,29-,30-,31+/m1/s1. The molecule has 0 spiro atoms. The summed E-state index contributed by atoms with van der Waals surface area (Å²) in [6, 6.07) is 0. The molecular weight excluding hydrogens is 514 g/mol. The molecule has 2 rings (SSSR count). The highest BCUT2D eigenvalue weighted by Gasteiger charge is 2.52. The zero-order chi connectivity index (χ0) is 30.8. The monoisotopic (exact) mass is 567 g/mol. The van der Waals surface area contributed by atoms with E-state index in [9.17, 15) is 25.2 Å². The van der Waals surface area contributed by atoms with Gasteiger partial charge in [0.05, 0.1) is 29.8 Å². The lowest BCUT2D eigenvalue weighted by atomic mass is 9.69. The average molecular weight is 568 g/mol. The average Bonchev–Trinajstić information content (AvgIpc) is 2.87. The summed E-state index contributed by atoms with van der Waals surface area (Å²) in [6.07, 6.45) is -3.43. The lowest BCUT2D eigenvalue weighted by molar-refractivity contribution is -0.234. The third kappa shape index (κ3) is 7.08. The molecule has 0 radical (unpaired) electrons. The Hall–Kier alpha value is -1.54. The Labute approximate surface area is 240 Å². The van der Waals surface area contributed by atoms with Gasteiger partial charge in [0.25, 0.3) is 0 Å². The van der Waals surface area contributed by atoms with Crippen molar-refractivity contribution >= 4 is 11.7 Å². The molecule has 2 aliphatic rings. The zero-order valence-electron chi connectivity index (χ0n) is 26.0. The number of esters is 1. The first-order chi connectivity index (χ1) is 18.4. The van der Waals surface area contributed by atoms with Crippen LogP contribution in [0.1, 0.15) is 88.0 Å². The second-order valence-corrected chi connectivity index (χ2v) is 12.9. The summed E-state index contributed by atoms with van der Waals surface area (Å²) in [5.74, 6) is 2.53. The highest BCUT2D eigenvalue weighted by atomic mass is 16.6. The van der Waals surface area contributed by atoms with E-state index in [1.165, 1.54) is 6.92 Å². The SMILES string of the molecule is CC#C[C@@]1(O)C[C@@H](C)C(=N)[C@H](C)[C@@H](O)[C@](C)(O)[C@@H](CC)OC(=O)[C@H](C)C([C@H]2C[C@@](C)(OC)[C@@H](O)[C@H](C)O2)[C@H](C)C1. The number of ether oxygens (including phenoxy) is 3. The third-order valence-electron chi connectivity index (χ3n) is 9.60. The molecule has 9 heteroatoms. The number of aliphatic hydroxyl groups excluding tert-OH is 2. The van der Waals surface area contributed by atoms with E-state index in [0.717, 1.165) is 0 Å². The summed E-state index contributed by atoms with van der Waals surface area (Å²) in [4.78, 5) is 13.7. The topological polar surface area (TPSA) is 150 Å². The van der Waals surface area contributed by atoms with E-state index >= 15 is 0 Å². The molecule has 9 nitrogen and oxygen atoms in total. The molecular formula is C31H53NO8. The Morgan fingerprint density at radius 2 is 1.62 bits per heavy atom. The molecule has 2 heterocycles. The van der Waals surface area contributed by atoms with Crippen LogP contribution in [0.25, 0.3) is 0 Å². The summed E-state index contributed by atoms with van der Waals surface area (Å²) in [7, 11) is 1.54. The van der Waals surface area contributed by atoms with Crippen molar-refractivity contribution in [2.24, 2.45) is 29.6 Å². The molecule has 230 valence electrons. The Balaban J connectivity index is 2.66. The second-order valence-electron chi connectivity index (χ2n) is 12.9. The maximum absolute atomic E-state index is 13.7. The van der Waals surface area contributed by atoms with Crippen LogP contribution in [0.5, 0.6) is 0 Å². The van der Waals surface area contributed by atoms with Gasteiger partial charge in [0, 0.05) is 31.1 Å². The highest BCUT2D eigenvalue weighted by molar-refractivity contribution is 5.86. The number of carbonyl (C=O) groups excluding carboxylic acids is 1. The molecule has 2 saturated heterocycles. The minimum Gasteiger partial charge on any atom is -0.459 e. The van der Waals surface area contributed by atoms with Crippen LogP contribution in [-0.4, -0.2) is 86.5 Å². The van der Waals surface area contributed by atoms with Crippen molar-refractivity contribution in [1.82, 2.24) is 0 Å². The van der Waals surface area contributed by atoms with E-state index < -0.39 is 77.0 Å². The lowest BCUT2D eigenvalue weighted by Gasteiger charge is -2.49. The molecule has 1 unspecified atom stereocenters. The summed E-state index contributed by atoms with van der Waals surface area (Å²) < 4.78 is 17.9. The van der Waals surface area contributed by atoms with Gasteiger partial charge >= 0.3 is 5.97 Å². The first-order valence-corrected chi connectivity index (χ1v) is 14.6. The van der Waals surface area contributed by atoms with Crippen LogP contribution in [0, 0.1) is 46.8 Å². The first-order valence-electron chi connectivity index (χ1n) is 14.6. The molecule has 0 aromatic heterocycles. The number of rotatable bonds is 3. The molecule has 2 fully saturated rings. The smallest absolute Gasteiger partial charge is 0.309 e. The van der Waals surface area contributed by atoms with E-state index in [-0.39, 0.29) is 30.9 Å². The molecule has 0 aliphatic carbocycles. The van der Waals surface area contributed by atoms with Crippen molar-refractivity contribution in [2.75, 3.05) is 7.11 Å². The van der Waals surface area contributed by atoms with Gasteiger partial charge in [-0.05, 0) is 58.8 Å². The Morgan fingerprint density at radius 3 is 2.15 bits per heavy atom. The summed E-state index contributed by atoms with van der Waals surface area (Å²) >= 11 is 0. The van der Waals surface area contributed by atoms with Gasteiger partial charge in [0.15, 0.2) is 0 Å². The van der Waals surface area contributed by atoms with Crippen LogP contribution >= 0.6 is 0 Å². The van der Waals surface area contributed by atoms with Gasteiger partial charge < -0.3 is 40.0 Å². The van der Waals surface area contributed by atoms with Gasteiger partial charge in [0.1, 0.15) is 23.4 Å². The summed E-state index contributed by atoms with van der Waals surface area (Å²) in [5, 5.41) is 54.0. The minimum atomic E-state index is -1.82. The number of hydrogen-bond donors (Lipinski definition) is 5. The maximum Gasteiger partial charge on any atom is 0.309 e. The first kappa shape index (κ1) is 34.7. The third-order valence-corrected chi connectivity index (χ3v) is 9.60. The quantitative estimate of drug-likeness (QED) is 0.258. The molecule has 0 saturated carbocycles. The number of nitrogens with one attached hydrogen (secondary N) is 1. The van der Waals surface area contributed by atoms with Crippen LogP contribution < -0.4 is 0 Å². The fourth-order valence-electron chi connectivity index (χ4n) is 7.07. The van der Waals surface area contributed by atoms with Crippen LogP contribution in [0.15, 0.2) is 0 Å². The number of hydrogen-bond acceptors (Lipinski definition) is 9. The van der Waals surface area contributed by atoms with E-state index in [2.05, 4.69) is 11.8 Å². The Morgan fingerprint density at radius 1 is 1.02 bits per heavy atom. The molecule has 0 aromatic carbocycles. The van der Waals surface area contributed by atoms with Crippen LogP contribution in [0.3, 0.4) is 0 Å². The lowest BCUT2D eigenvalue weighted by Crippen LogP contribution is -2.59.